The Morgan fingerprint density at radius 2 is 1.59 bits per heavy atom. The van der Waals surface area contributed by atoms with E-state index >= 15 is 0 Å². The van der Waals surface area contributed by atoms with E-state index in [9.17, 15) is 0 Å². The van der Waals surface area contributed by atoms with Crippen LogP contribution in [0.3, 0.4) is 0 Å². The SMILES string of the molecule is CC(C)c1c(N(C)CCCN(C)C)c(=S)c1=S. The summed E-state index contributed by atoms with van der Waals surface area (Å²) in [6.45, 7) is 6.49. The Morgan fingerprint density at radius 3 is 2.06 bits per heavy atom. The van der Waals surface area contributed by atoms with Crippen LogP contribution >= 0.6 is 24.4 Å². The lowest BCUT2D eigenvalue weighted by atomic mass is 9.96. The molecule has 0 saturated heterocycles. The maximum absolute atomic E-state index is 5.35. The summed E-state index contributed by atoms with van der Waals surface area (Å²) in [6, 6.07) is 0. The molecule has 1 rings (SSSR count). The third-order valence-corrected chi connectivity index (χ3v) is 3.93. The lowest BCUT2D eigenvalue weighted by Gasteiger charge is -2.27. The van der Waals surface area contributed by atoms with E-state index in [1.165, 1.54) is 11.3 Å². The van der Waals surface area contributed by atoms with Gasteiger partial charge in [-0.1, -0.05) is 38.3 Å². The molecule has 1 aromatic rings. The molecule has 0 aliphatic rings. The van der Waals surface area contributed by atoms with Crippen LogP contribution in [0.25, 0.3) is 0 Å². The molecular weight excluding hydrogens is 248 g/mol. The van der Waals surface area contributed by atoms with Gasteiger partial charge in [0.1, 0.15) is 0 Å². The molecule has 1 aromatic carbocycles. The molecule has 0 amide bonds. The van der Waals surface area contributed by atoms with Crippen molar-refractivity contribution < 1.29 is 0 Å². The molecular formula is C13H22N2S2. The number of anilines is 1. The summed E-state index contributed by atoms with van der Waals surface area (Å²) in [5, 5.41) is 0. The highest BCUT2D eigenvalue weighted by Gasteiger charge is 2.20. The van der Waals surface area contributed by atoms with Crippen molar-refractivity contribution in [2.75, 3.05) is 39.1 Å². The van der Waals surface area contributed by atoms with Crippen LogP contribution in [0.1, 0.15) is 31.7 Å². The van der Waals surface area contributed by atoms with Crippen LogP contribution < -0.4 is 4.90 Å². The molecule has 0 bridgehead atoms. The molecule has 0 saturated carbocycles. The van der Waals surface area contributed by atoms with E-state index in [4.69, 9.17) is 24.4 Å². The summed E-state index contributed by atoms with van der Waals surface area (Å²) in [6.07, 6.45) is 1.15. The highest BCUT2D eigenvalue weighted by atomic mass is 32.1. The highest BCUT2D eigenvalue weighted by molar-refractivity contribution is 7.74. The van der Waals surface area contributed by atoms with Crippen LogP contribution in [-0.4, -0.2) is 39.1 Å². The summed E-state index contributed by atoms with van der Waals surface area (Å²) >= 11 is 10.7. The van der Waals surface area contributed by atoms with Crippen LogP contribution in [0.2, 0.25) is 0 Å². The van der Waals surface area contributed by atoms with E-state index in [0.717, 1.165) is 28.5 Å². The predicted molar refractivity (Wildman–Crippen MR) is 81.0 cm³/mol. The normalized spacial score (nSPS) is 11.7. The molecule has 0 N–H and O–H groups in total. The van der Waals surface area contributed by atoms with Crippen LogP contribution in [-0.2, 0) is 0 Å². The van der Waals surface area contributed by atoms with Crippen LogP contribution in [0.5, 0.6) is 0 Å². The number of hydrogen-bond acceptors (Lipinski definition) is 4. The standard InChI is InChI=1S/C13H22N2S2/c1-9(2)10-11(13(17)12(10)16)15(5)8-6-7-14(3)4/h9H,6-8H2,1-5H3. The Kier molecular flexibility index (Phi) is 5.22. The third-order valence-electron chi connectivity index (χ3n) is 2.98. The average molecular weight is 270 g/mol. The highest BCUT2D eigenvalue weighted by Crippen LogP contribution is 2.35. The first-order chi connectivity index (χ1) is 7.86. The summed E-state index contributed by atoms with van der Waals surface area (Å²) in [4.78, 5) is 4.46. The molecule has 0 aromatic heterocycles. The van der Waals surface area contributed by atoms with Gasteiger partial charge in [-0.3, -0.25) is 0 Å². The van der Waals surface area contributed by atoms with Gasteiger partial charge in [0.2, 0.25) is 0 Å². The predicted octanol–water partition coefficient (Wildman–Crippen LogP) is 3.53. The van der Waals surface area contributed by atoms with E-state index < -0.39 is 0 Å². The molecule has 0 atom stereocenters. The first-order valence-corrected chi connectivity index (χ1v) is 6.87. The van der Waals surface area contributed by atoms with E-state index in [1.54, 1.807) is 0 Å². The van der Waals surface area contributed by atoms with Crippen molar-refractivity contribution in [1.29, 1.82) is 0 Å². The van der Waals surface area contributed by atoms with E-state index in [0.29, 0.717) is 5.92 Å². The Morgan fingerprint density at radius 1 is 1.00 bits per heavy atom. The molecule has 17 heavy (non-hydrogen) atoms. The summed E-state index contributed by atoms with van der Waals surface area (Å²) < 4.78 is 1.79. The fraction of sp³-hybridized carbons (Fsp3) is 0.692. The fourth-order valence-corrected chi connectivity index (χ4v) is 2.85. The number of hydrogen-bond donors (Lipinski definition) is 0. The second-order valence-corrected chi connectivity index (χ2v) is 5.97. The van der Waals surface area contributed by atoms with Crippen LogP contribution in [0, 0.1) is 9.02 Å². The Bertz CT molecular complexity index is 442. The quantitative estimate of drug-likeness (QED) is 0.729. The van der Waals surface area contributed by atoms with Gasteiger partial charge in [-0.2, -0.15) is 0 Å². The molecule has 0 heterocycles. The zero-order valence-electron chi connectivity index (χ0n) is 11.4. The largest absolute Gasteiger partial charge is 0.373 e. The zero-order chi connectivity index (χ0) is 13.2. The Balaban J connectivity index is 2.70. The second kappa shape index (κ2) is 6.03. The van der Waals surface area contributed by atoms with Gasteiger partial charge in [-0.05, 0) is 38.5 Å². The Hall–Kier alpha value is -0.320. The number of rotatable bonds is 6. The van der Waals surface area contributed by atoms with Gasteiger partial charge in [-0.15, -0.1) is 0 Å². The molecule has 2 nitrogen and oxygen atoms in total. The van der Waals surface area contributed by atoms with E-state index in [2.05, 4.69) is 44.8 Å². The molecule has 4 heteroatoms. The smallest absolute Gasteiger partial charge is 0.0798 e. The first-order valence-electron chi connectivity index (χ1n) is 6.05. The summed E-state index contributed by atoms with van der Waals surface area (Å²) in [5.41, 5.74) is 2.48. The molecule has 0 aliphatic carbocycles. The minimum atomic E-state index is 0.473. The molecule has 0 aliphatic heterocycles. The van der Waals surface area contributed by atoms with Gasteiger partial charge in [0, 0.05) is 13.6 Å². The van der Waals surface area contributed by atoms with E-state index in [1.807, 2.05) is 0 Å². The van der Waals surface area contributed by atoms with Gasteiger partial charge >= 0.3 is 0 Å². The second-order valence-electron chi connectivity index (χ2n) is 5.15. The lowest BCUT2D eigenvalue weighted by molar-refractivity contribution is 0.401. The molecule has 0 spiro atoms. The third kappa shape index (κ3) is 3.33. The molecule has 96 valence electrons. The number of nitrogens with zero attached hydrogens (tertiary/aromatic N) is 2. The molecule has 0 fully saturated rings. The van der Waals surface area contributed by atoms with Crippen molar-refractivity contribution in [2.45, 2.75) is 26.2 Å². The molecule has 0 radical (unpaired) electrons. The monoisotopic (exact) mass is 270 g/mol. The van der Waals surface area contributed by atoms with Crippen molar-refractivity contribution in [3.05, 3.63) is 14.6 Å². The van der Waals surface area contributed by atoms with Crippen molar-refractivity contribution >= 4 is 30.1 Å². The molecule has 0 unspecified atom stereocenters. The average Bonchev–Trinajstić information content (AvgIpc) is 2.22. The minimum absolute atomic E-state index is 0.473. The van der Waals surface area contributed by atoms with Gasteiger partial charge in [0.25, 0.3) is 0 Å². The van der Waals surface area contributed by atoms with Gasteiger partial charge in [-0.25, -0.2) is 0 Å². The van der Waals surface area contributed by atoms with Crippen molar-refractivity contribution in [1.82, 2.24) is 4.90 Å². The van der Waals surface area contributed by atoms with Gasteiger partial charge in [0.05, 0.1) is 14.7 Å². The Labute approximate surface area is 115 Å². The fourth-order valence-electron chi connectivity index (χ4n) is 2.05. The summed E-state index contributed by atoms with van der Waals surface area (Å²) in [5.74, 6) is 0.473. The maximum Gasteiger partial charge on any atom is 0.0798 e. The van der Waals surface area contributed by atoms with Crippen LogP contribution in [0.4, 0.5) is 5.69 Å². The first kappa shape index (κ1) is 14.7. The summed E-state index contributed by atoms with van der Waals surface area (Å²) in [7, 11) is 6.31. The van der Waals surface area contributed by atoms with E-state index in [-0.39, 0.29) is 0 Å². The van der Waals surface area contributed by atoms with Crippen molar-refractivity contribution in [3.8, 4) is 0 Å². The maximum atomic E-state index is 5.35. The van der Waals surface area contributed by atoms with Gasteiger partial charge < -0.3 is 9.80 Å². The van der Waals surface area contributed by atoms with Crippen LogP contribution in [0.15, 0.2) is 0 Å². The topological polar surface area (TPSA) is 6.48 Å². The minimum Gasteiger partial charge on any atom is -0.373 e. The lowest BCUT2D eigenvalue weighted by Crippen LogP contribution is -2.26. The van der Waals surface area contributed by atoms with Gasteiger partial charge in [0.15, 0.2) is 0 Å². The van der Waals surface area contributed by atoms with Crippen molar-refractivity contribution in [2.24, 2.45) is 0 Å². The zero-order valence-corrected chi connectivity index (χ0v) is 13.0. The van der Waals surface area contributed by atoms with Crippen molar-refractivity contribution in [3.63, 3.8) is 0 Å².